The summed E-state index contributed by atoms with van der Waals surface area (Å²) in [7, 11) is 0. The van der Waals surface area contributed by atoms with Crippen molar-refractivity contribution >= 4 is 33.4 Å². The molecule has 0 saturated carbocycles. The number of halogens is 1. The van der Waals surface area contributed by atoms with E-state index in [0.29, 0.717) is 29.5 Å². The number of carbonyl (C=O) groups is 2. The average Bonchev–Trinajstić information content (AvgIpc) is 3.30. The molecule has 2 aromatic rings. The van der Waals surface area contributed by atoms with Gasteiger partial charge in [-0.3, -0.25) is 9.59 Å². The molecule has 2 atom stereocenters. The van der Waals surface area contributed by atoms with Gasteiger partial charge in [0, 0.05) is 24.4 Å². The molecular formula is C24H29BrN2O4. The molecule has 2 aromatic carbocycles. The number of carbonyl (C=O) groups excluding carboxylic acids is 2. The van der Waals surface area contributed by atoms with Crippen molar-refractivity contribution in [1.82, 2.24) is 5.32 Å². The third-order valence-corrected chi connectivity index (χ3v) is 6.04. The maximum atomic E-state index is 12.4. The summed E-state index contributed by atoms with van der Waals surface area (Å²) in [4.78, 5) is 24.7. The Bertz CT molecular complexity index is 912. The summed E-state index contributed by atoms with van der Waals surface area (Å²) in [6.07, 6.45) is 3.14. The molecular weight excluding hydrogens is 460 g/mol. The lowest BCUT2D eigenvalue weighted by molar-refractivity contribution is -0.118. The van der Waals surface area contributed by atoms with Gasteiger partial charge in [-0.1, -0.05) is 26.0 Å². The Morgan fingerprint density at radius 2 is 2.10 bits per heavy atom. The lowest BCUT2D eigenvalue weighted by Crippen LogP contribution is -2.31. The van der Waals surface area contributed by atoms with Crippen LogP contribution in [-0.4, -0.2) is 37.7 Å². The van der Waals surface area contributed by atoms with Gasteiger partial charge >= 0.3 is 0 Å². The quantitative estimate of drug-likeness (QED) is 0.526. The largest absolute Gasteiger partial charge is 0.483 e. The monoisotopic (exact) mass is 488 g/mol. The van der Waals surface area contributed by atoms with Gasteiger partial charge in [0.1, 0.15) is 5.75 Å². The van der Waals surface area contributed by atoms with Crippen molar-refractivity contribution in [3.8, 4) is 5.75 Å². The summed E-state index contributed by atoms with van der Waals surface area (Å²) in [6.45, 7) is 5.44. The molecule has 7 heteroatoms. The van der Waals surface area contributed by atoms with Crippen molar-refractivity contribution in [3.63, 3.8) is 0 Å². The molecule has 6 nitrogen and oxygen atoms in total. The topological polar surface area (TPSA) is 76.7 Å². The molecule has 1 fully saturated rings. The third kappa shape index (κ3) is 6.80. The Labute approximate surface area is 191 Å². The highest BCUT2D eigenvalue weighted by molar-refractivity contribution is 9.10. The van der Waals surface area contributed by atoms with Gasteiger partial charge in [0.25, 0.3) is 11.8 Å². The van der Waals surface area contributed by atoms with Crippen LogP contribution in [0.3, 0.4) is 0 Å². The number of nitrogens with one attached hydrogen (secondary N) is 2. The van der Waals surface area contributed by atoms with Crippen LogP contribution in [0.2, 0.25) is 0 Å². The fourth-order valence-corrected chi connectivity index (χ4v) is 3.88. The Kier molecular flexibility index (Phi) is 8.49. The smallest absolute Gasteiger partial charge is 0.262 e. The third-order valence-electron chi connectivity index (χ3n) is 5.42. The van der Waals surface area contributed by atoms with Crippen molar-refractivity contribution in [1.29, 1.82) is 0 Å². The van der Waals surface area contributed by atoms with Gasteiger partial charge < -0.3 is 20.1 Å². The lowest BCUT2D eigenvalue weighted by atomic mass is 9.99. The number of benzene rings is 2. The molecule has 1 heterocycles. The molecule has 2 N–H and O–H groups in total. The van der Waals surface area contributed by atoms with Crippen LogP contribution in [0.5, 0.6) is 5.75 Å². The van der Waals surface area contributed by atoms with Gasteiger partial charge in [0.05, 0.1) is 10.6 Å². The van der Waals surface area contributed by atoms with Crippen LogP contribution in [-0.2, 0) is 9.53 Å². The van der Waals surface area contributed by atoms with E-state index in [0.717, 1.165) is 30.3 Å². The van der Waals surface area contributed by atoms with Crippen LogP contribution in [0, 0.1) is 0 Å². The van der Waals surface area contributed by atoms with Crippen LogP contribution in [0.1, 0.15) is 54.9 Å². The van der Waals surface area contributed by atoms with Crippen LogP contribution in [0.4, 0.5) is 5.69 Å². The van der Waals surface area contributed by atoms with E-state index >= 15 is 0 Å². The SMILES string of the molecule is CCC(C)c1ccc(OCC(=O)Nc2cccc(C(=O)NCC3CCCO3)c2)c(Br)c1. The molecule has 2 unspecified atom stereocenters. The highest BCUT2D eigenvalue weighted by atomic mass is 79.9. The summed E-state index contributed by atoms with van der Waals surface area (Å²) >= 11 is 3.52. The number of hydrogen-bond donors (Lipinski definition) is 2. The van der Waals surface area contributed by atoms with Crippen molar-refractivity contribution in [2.24, 2.45) is 0 Å². The molecule has 2 amide bonds. The molecule has 1 aliphatic heterocycles. The highest BCUT2D eigenvalue weighted by Gasteiger charge is 2.17. The molecule has 31 heavy (non-hydrogen) atoms. The van der Waals surface area contributed by atoms with Crippen LogP contribution < -0.4 is 15.4 Å². The molecule has 0 aliphatic carbocycles. The summed E-state index contributed by atoms with van der Waals surface area (Å²) in [5.74, 6) is 0.594. The Morgan fingerprint density at radius 1 is 1.26 bits per heavy atom. The van der Waals surface area contributed by atoms with Crippen LogP contribution in [0.25, 0.3) is 0 Å². The summed E-state index contributed by atoms with van der Waals surface area (Å²) in [5.41, 5.74) is 2.26. The maximum Gasteiger partial charge on any atom is 0.262 e. The normalized spacial score (nSPS) is 16.5. The molecule has 0 bridgehead atoms. The van der Waals surface area contributed by atoms with E-state index in [4.69, 9.17) is 9.47 Å². The average molecular weight is 489 g/mol. The van der Waals surface area contributed by atoms with Crippen molar-refractivity contribution < 1.29 is 19.1 Å². The lowest BCUT2D eigenvalue weighted by Gasteiger charge is -2.13. The van der Waals surface area contributed by atoms with Gasteiger partial charge in [0.2, 0.25) is 0 Å². The minimum atomic E-state index is -0.296. The Balaban J connectivity index is 1.51. The number of amides is 2. The second-order valence-electron chi connectivity index (χ2n) is 7.76. The number of anilines is 1. The molecule has 3 rings (SSSR count). The van der Waals surface area contributed by atoms with Crippen LogP contribution in [0.15, 0.2) is 46.9 Å². The second kappa shape index (κ2) is 11.3. The molecule has 0 aromatic heterocycles. The Hall–Kier alpha value is -2.38. The van der Waals surface area contributed by atoms with Crippen molar-refractivity contribution in [2.75, 3.05) is 25.1 Å². The highest BCUT2D eigenvalue weighted by Crippen LogP contribution is 2.30. The Morgan fingerprint density at radius 3 is 2.81 bits per heavy atom. The first kappa shape index (κ1) is 23.3. The predicted octanol–water partition coefficient (Wildman–Crippen LogP) is 4.89. The first-order valence-corrected chi connectivity index (χ1v) is 11.5. The zero-order valence-corrected chi connectivity index (χ0v) is 19.5. The van der Waals surface area contributed by atoms with E-state index in [1.54, 1.807) is 24.3 Å². The van der Waals surface area contributed by atoms with Gasteiger partial charge in [-0.25, -0.2) is 0 Å². The standard InChI is InChI=1S/C24H29BrN2O4/c1-3-16(2)17-9-10-22(21(25)13-17)31-15-23(28)27-19-7-4-6-18(12-19)24(29)26-14-20-8-5-11-30-20/h4,6-7,9-10,12-13,16,20H,3,5,8,11,14-15H2,1-2H3,(H,26,29)(H,27,28). The number of hydrogen-bond acceptors (Lipinski definition) is 4. The number of rotatable bonds is 9. The molecule has 166 valence electrons. The maximum absolute atomic E-state index is 12.4. The van der Waals surface area contributed by atoms with Gasteiger partial charge in [-0.15, -0.1) is 0 Å². The summed E-state index contributed by atoms with van der Waals surface area (Å²) in [6, 6.07) is 12.8. The zero-order chi connectivity index (χ0) is 22.2. The van der Waals surface area contributed by atoms with Crippen molar-refractivity contribution in [3.05, 3.63) is 58.1 Å². The first-order chi connectivity index (χ1) is 15.0. The molecule has 1 saturated heterocycles. The van der Waals surface area contributed by atoms with Gasteiger partial charge in [0.15, 0.2) is 6.61 Å². The van der Waals surface area contributed by atoms with E-state index in [1.165, 1.54) is 5.56 Å². The fraction of sp³-hybridized carbons (Fsp3) is 0.417. The van der Waals surface area contributed by atoms with E-state index in [-0.39, 0.29) is 24.5 Å². The minimum absolute atomic E-state index is 0.0857. The van der Waals surface area contributed by atoms with Crippen molar-refractivity contribution in [2.45, 2.75) is 45.1 Å². The van der Waals surface area contributed by atoms with E-state index in [9.17, 15) is 9.59 Å². The fourth-order valence-electron chi connectivity index (χ4n) is 3.37. The molecule has 1 aliphatic rings. The van der Waals surface area contributed by atoms with Gasteiger partial charge in [-0.2, -0.15) is 0 Å². The second-order valence-corrected chi connectivity index (χ2v) is 8.62. The van der Waals surface area contributed by atoms with E-state index < -0.39 is 0 Å². The summed E-state index contributed by atoms with van der Waals surface area (Å²) < 4.78 is 12.0. The summed E-state index contributed by atoms with van der Waals surface area (Å²) in [5, 5.41) is 5.66. The first-order valence-electron chi connectivity index (χ1n) is 10.7. The number of ether oxygens (including phenoxy) is 2. The minimum Gasteiger partial charge on any atom is -0.483 e. The van der Waals surface area contributed by atoms with Gasteiger partial charge in [-0.05, 0) is 77.0 Å². The predicted molar refractivity (Wildman–Crippen MR) is 125 cm³/mol. The molecule has 0 radical (unpaired) electrons. The zero-order valence-electron chi connectivity index (χ0n) is 17.9. The molecule has 0 spiro atoms. The van der Waals surface area contributed by atoms with Crippen LogP contribution >= 0.6 is 15.9 Å². The van der Waals surface area contributed by atoms with E-state index in [1.807, 2.05) is 18.2 Å². The van der Waals surface area contributed by atoms with E-state index in [2.05, 4.69) is 40.4 Å².